The first-order valence-corrected chi connectivity index (χ1v) is 25.4. The molecular weight excluding hydrogens is 775 g/mol. The summed E-state index contributed by atoms with van der Waals surface area (Å²) in [5, 5.41) is 44.7. The molecule has 1 unspecified atom stereocenters. The van der Waals surface area contributed by atoms with Crippen LogP contribution in [0.3, 0.4) is 0 Å². The van der Waals surface area contributed by atoms with E-state index in [-0.39, 0.29) is 18.9 Å². The topological polar surface area (TPSA) is 192 Å². The van der Waals surface area contributed by atoms with Gasteiger partial charge in [-0.05, 0) is 19.3 Å². The Balaban J connectivity index is 2.47. The molecule has 0 aliphatic carbocycles. The van der Waals surface area contributed by atoms with Crippen molar-refractivity contribution in [3.8, 4) is 0 Å². The maximum Gasteiger partial charge on any atom is 0.397 e. The first kappa shape index (κ1) is 55.9. The summed E-state index contributed by atoms with van der Waals surface area (Å²) in [5.41, 5.74) is 0. The van der Waals surface area contributed by atoms with Crippen LogP contribution < -0.4 is 5.32 Å². The Hall–Kier alpha value is -1.16. The molecule has 13 heteroatoms. The van der Waals surface area contributed by atoms with Gasteiger partial charge in [0.1, 0.15) is 24.4 Å². The number of aliphatic hydroxyl groups is 4. The first-order chi connectivity index (χ1) is 28.5. The lowest BCUT2D eigenvalue weighted by molar-refractivity contribution is -0.298. The zero-order valence-corrected chi connectivity index (χ0v) is 38.1. The standard InChI is InChI=1S/C46H89NO11S/c1-3-5-7-9-11-13-15-17-18-19-20-21-22-24-26-28-30-32-34-36-42(50)47-39(40(49)35-33-31-29-27-25-23-16-14-12-10-8-6-4-2)38-56-46-44(52)45(58-59(53,54)55)43(51)41(37-48)57-46/h33,35,39-41,43-46,48-49,51-52H,3-32,34,36-38H2,1-2H3,(H,47,50)(H,53,54,55)/b35-33+/t39-,40+,41+,43-,44+,45-,46?/m0/s1. The van der Waals surface area contributed by atoms with Gasteiger partial charge in [0.15, 0.2) is 6.29 Å². The van der Waals surface area contributed by atoms with E-state index in [0.29, 0.717) is 6.42 Å². The van der Waals surface area contributed by atoms with Crippen LogP contribution in [0.2, 0.25) is 0 Å². The van der Waals surface area contributed by atoms with Crippen molar-refractivity contribution in [2.45, 2.75) is 262 Å². The minimum Gasteiger partial charge on any atom is -0.394 e. The summed E-state index contributed by atoms with van der Waals surface area (Å²) >= 11 is 0. The van der Waals surface area contributed by atoms with Crippen molar-refractivity contribution in [3.63, 3.8) is 0 Å². The van der Waals surface area contributed by atoms with Crippen LogP contribution >= 0.6 is 0 Å². The van der Waals surface area contributed by atoms with Crippen molar-refractivity contribution in [1.29, 1.82) is 0 Å². The molecule has 0 spiro atoms. The predicted octanol–water partition coefficient (Wildman–Crippen LogP) is 9.55. The fourth-order valence-corrected chi connectivity index (χ4v) is 8.32. The second-order valence-corrected chi connectivity index (χ2v) is 18.1. The Bertz CT molecular complexity index is 1110. The molecule has 0 aromatic heterocycles. The van der Waals surface area contributed by atoms with E-state index in [9.17, 15) is 38.2 Å². The van der Waals surface area contributed by atoms with Gasteiger partial charge in [-0.25, -0.2) is 4.18 Å². The second kappa shape index (κ2) is 37.4. The summed E-state index contributed by atoms with van der Waals surface area (Å²) in [4.78, 5) is 13.0. The van der Waals surface area contributed by atoms with Crippen molar-refractivity contribution in [1.82, 2.24) is 5.32 Å². The van der Waals surface area contributed by atoms with Crippen LogP contribution in [-0.2, 0) is 28.9 Å². The van der Waals surface area contributed by atoms with E-state index in [4.69, 9.17) is 9.47 Å². The highest BCUT2D eigenvalue weighted by Crippen LogP contribution is 2.26. The molecule has 350 valence electrons. The zero-order chi connectivity index (χ0) is 43.4. The fourth-order valence-electron chi connectivity index (χ4n) is 7.81. The Kier molecular flexibility index (Phi) is 35.4. The van der Waals surface area contributed by atoms with Crippen molar-refractivity contribution < 1.29 is 51.8 Å². The van der Waals surface area contributed by atoms with Gasteiger partial charge in [0.05, 0.1) is 25.4 Å². The number of amides is 1. The molecule has 0 radical (unpaired) electrons. The summed E-state index contributed by atoms with van der Waals surface area (Å²) in [6.45, 7) is 3.39. The van der Waals surface area contributed by atoms with E-state index in [1.54, 1.807) is 6.08 Å². The molecule has 1 aliphatic heterocycles. The highest BCUT2D eigenvalue weighted by molar-refractivity contribution is 7.80. The molecule has 12 nitrogen and oxygen atoms in total. The van der Waals surface area contributed by atoms with Crippen LogP contribution in [0.5, 0.6) is 0 Å². The molecular formula is C46H89NO11S. The third-order valence-corrected chi connectivity index (χ3v) is 12.0. The van der Waals surface area contributed by atoms with Gasteiger partial charge in [0, 0.05) is 6.42 Å². The highest BCUT2D eigenvalue weighted by atomic mass is 32.3. The van der Waals surface area contributed by atoms with Gasteiger partial charge >= 0.3 is 10.4 Å². The molecule has 1 saturated heterocycles. The van der Waals surface area contributed by atoms with Gasteiger partial charge in [-0.1, -0.05) is 206 Å². The average molecular weight is 864 g/mol. The highest BCUT2D eigenvalue weighted by Gasteiger charge is 2.48. The quantitative estimate of drug-likeness (QED) is 0.0195. The number of rotatable bonds is 41. The molecule has 0 aromatic rings. The van der Waals surface area contributed by atoms with E-state index in [2.05, 4.69) is 23.3 Å². The number of carbonyl (C=O) groups is 1. The molecule has 1 rings (SSSR count). The number of nitrogens with one attached hydrogen (secondary N) is 1. The number of aliphatic hydroxyl groups excluding tert-OH is 4. The molecule has 59 heavy (non-hydrogen) atoms. The van der Waals surface area contributed by atoms with Crippen LogP contribution in [0.4, 0.5) is 0 Å². The van der Waals surface area contributed by atoms with Gasteiger partial charge in [-0.15, -0.1) is 0 Å². The Morgan fingerprint density at radius 3 is 1.47 bits per heavy atom. The number of hydrogen-bond acceptors (Lipinski definition) is 10. The lowest BCUT2D eigenvalue weighted by Gasteiger charge is -2.41. The Labute approximate surface area is 360 Å². The van der Waals surface area contributed by atoms with Crippen molar-refractivity contribution in [2.24, 2.45) is 0 Å². The smallest absolute Gasteiger partial charge is 0.394 e. The van der Waals surface area contributed by atoms with Crippen LogP contribution in [0, 0.1) is 0 Å². The minimum atomic E-state index is -5.08. The number of unbranched alkanes of at least 4 members (excludes halogenated alkanes) is 29. The Morgan fingerprint density at radius 1 is 0.661 bits per heavy atom. The maximum absolute atomic E-state index is 13.0. The zero-order valence-electron chi connectivity index (χ0n) is 37.3. The van der Waals surface area contributed by atoms with Gasteiger partial charge in [0.25, 0.3) is 0 Å². The molecule has 0 bridgehead atoms. The van der Waals surface area contributed by atoms with Crippen LogP contribution in [0.15, 0.2) is 12.2 Å². The largest absolute Gasteiger partial charge is 0.397 e. The van der Waals surface area contributed by atoms with Crippen molar-refractivity contribution in [2.75, 3.05) is 13.2 Å². The van der Waals surface area contributed by atoms with Crippen molar-refractivity contribution in [3.05, 3.63) is 12.2 Å². The lowest BCUT2D eigenvalue weighted by Crippen LogP contribution is -2.61. The van der Waals surface area contributed by atoms with Gasteiger partial charge < -0.3 is 35.2 Å². The van der Waals surface area contributed by atoms with E-state index in [1.807, 2.05) is 6.08 Å². The first-order valence-electron chi connectivity index (χ1n) is 24.1. The summed E-state index contributed by atoms with van der Waals surface area (Å²) < 4.78 is 47.6. The van der Waals surface area contributed by atoms with E-state index < -0.39 is 59.9 Å². The molecule has 0 aromatic carbocycles. The van der Waals surface area contributed by atoms with Crippen molar-refractivity contribution >= 4 is 16.3 Å². The Morgan fingerprint density at radius 2 is 1.07 bits per heavy atom. The molecule has 1 amide bonds. The monoisotopic (exact) mass is 864 g/mol. The SMILES string of the molecule is CCCCCCCCCCCCC/C=C/[C@@H](O)[C@H](COC1O[C@H](CO)[C@H](O)[C@H](OS(=O)(=O)O)[C@H]1O)NC(=O)CCCCCCCCCCCCCCCCCCCCC. The number of carbonyl (C=O) groups excluding carboxylic acids is 1. The third kappa shape index (κ3) is 30.5. The number of allylic oxidation sites excluding steroid dienone is 1. The number of hydrogen-bond donors (Lipinski definition) is 6. The predicted molar refractivity (Wildman–Crippen MR) is 236 cm³/mol. The van der Waals surface area contributed by atoms with E-state index in [1.165, 1.54) is 154 Å². The molecule has 1 heterocycles. The third-order valence-electron chi connectivity index (χ3n) is 11.6. The van der Waals surface area contributed by atoms with Crippen LogP contribution in [-0.4, -0.2) is 95.4 Å². The molecule has 7 atom stereocenters. The fraction of sp³-hybridized carbons (Fsp3) is 0.935. The van der Waals surface area contributed by atoms with Crippen LogP contribution in [0.1, 0.15) is 219 Å². The van der Waals surface area contributed by atoms with E-state index in [0.717, 1.165) is 38.5 Å². The maximum atomic E-state index is 13.0. The summed E-state index contributed by atoms with van der Waals surface area (Å²) in [6.07, 6.45) is 32.5. The van der Waals surface area contributed by atoms with Gasteiger partial charge in [-0.3, -0.25) is 9.35 Å². The number of ether oxygens (including phenoxy) is 2. The van der Waals surface area contributed by atoms with Gasteiger partial charge in [-0.2, -0.15) is 8.42 Å². The average Bonchev–Trinajstić information content (AvgIpc) is 3.20. The molecule has 6 N–H and O–H groups in total. The normalized spacial score (nSPS) is 21.0. The lowest BCUT2D eigenvalue weighted by atomic mass is 9.99. The summed E-state index contributed by atoms with van der Waals surface area (Å²) in [5.74, 6) is -0.260. The van der Waals surface area contributed by atoms with E-state index >= 15 is 0 Å². The minimum absolute atomic E-state index is 0.260. The molecule has 0 saturated carbocycles. The van der Waals surface area contributed by atoms with Gasteiger partial charge in [0.2, 0.25) is 5.91 Å². The summed E-state index contributed by atoms with van der Waals surface area (Å²) in [7, 11) is -5.08. The summed E-state index contributed by atoms with van der Waals surface area (Å²) in [6, 6.07) is -0.937. The molecule has 1 aliphatic rings. The molecule has 1 fully saturated rings. The second-order valence-electron chi connectivity index (χ2n) is 17.1. The van der Waals surface area contributed by atoms with Crippen LogP contribution in [0.25, 0.3) is 0 Å².